The fourth-order valence-corrected chi connectivity index (χ4v) is 2.63. The Balaban J connectivity index is 1.75. The van der Waals surface area contributed by atoms with Crippen molar-refractivity contribution in [1.29, 1.82) is 0 Å². The van der Waals surface area contributed by atoms with Gasteiger partial charge in [0, 0.05) is 17.2 Å². The van der Waals surface area contributed by atoms with Crippen LogP contribution >= 0.6 is 0 Å². The topological polar surface area (TPSA) is 57.8 Å². The molecule has 4 nitrogen and oxygen atoms in total. The predicted octanol–water partition coefficient (Wildman–Crippen LogP) is 4.60. The average Bonchev–Trinajstić information content (AvgIpc) is 2.99. The third kappa shape index (κ3) is 3.42. The lowest BCUT2D eigenvalue weighted by atomic mass is 10.1. The van der Waals surface area contributed by atoms with Gasteiger partial charge in [0.1, 0.15) is 5.82 Å². The molecule has 3 rings (SSSR count). The molecule has 23 heavy (non-hydrogen) atoms. The molecule has 0 aliphatic rings. The van der Waals surface area contributed by atoms with E-state index < -0.39 is 0 Å². The summed E-state index contributed by atoms with van der Waals surface area (Å²) in [5.74, 6) is 0.946. The van der Waals surface area contributed by atoms with Gasteiger partial charge in [0.05, 0.1) is 11.0 Å². The molecule has 2 aromatic carbocycles. The van der Waals surface area contributed by atoms with Crippen LogP contribution in [-0.4, -0.2) is 15.9 Å². The second kappa shape index (κ2) is 6.65. The number of carbonyl (C=O) groups is 1. The number of nitrogens with one attached hydrogen (secondary N) is 2. The maximum Gasteiger partial charge on any atom is 0.227 e. The molecule has 0 fully saturated rings. The third-order valence-electron chi connectivity index (χ3n) is 3.98. The van der Waals surface area contributed by atoms with Crippen LogP contribution < -0.4 is 5.32 Å². The van der Waals surface area contributed by atoms with Crippen LogP contribution in [0.3, 0.4) is 0 Å². The van der Waals surface area contributed by atoms with E-state index in [0.29, 0.717) is 0 Å². The maximum atomic E-state index is 12.0. The van der Waals surface area contributed by atoms with E-state index in [4.69, 9.17) is 0 Å². The number of rotatable bonds is 5. The second-order valence-electron chi connectivity index (χ2n) is 5.86. The monoisotopic (exact) mass is 307 g/mol. The molecular formula is C19H21N3O. The van der Waals surface area contributed by atoms with Crippen molar-refractivity contribution in [2.75, 3.05) is 5.32 Å². The molecule has 0 unspecified atom stereocenters. The van der Waals surface area contributed by atoms with E-state index in [2.05, 4.69) is 22.2 Å². The van der Waals surface area contributed by atoms with Crippen LogP contribution in [0, 0.1) is 5.92 Å². The molecule has 0 saturated carbocycles. The molecule has 1 heterocycles. The molecule has 1 aromatic heterocycles. The van der Waals surface area contributed by atoms with Crippen LogP contribution in [0.1, 0.15) is 26.7 Å². The minimum absolute atomic E-state index is 0.0371. The van der Waals surface area contributed by atoms with Gasteiger partial charge in [-0.15, -0.1) is 0 Å². The first-order valence-corrected chi connectivity index (χ1v) is 8.03. The van der Waals surface area contributed by atoms with E-state index in [1.807, 2.05) is 55.5 Å². The molecule has 0 aliphatic carbocycles. The number of H-pyrrole nitrogens is 1. The molecule has 0 spiro atoms. The fraction of sp³-hybridized carbons (Fsp3) is 0.263. The minimum Gasteiger partial charge on any atom is -0.338 e. The lowest BCUT2D eigenvalue weighted by Crippen LogP contribution is -2.20. The summed E-state index contributed by atoms with van der Waals surface area (Å²) in [4.78, 5) is 19.9. The molecule has 4 heteroatoms. The quantitative estimate of drug-likeness (QED) is 0.723. The summed E-state index contributed by atoms with van der Waals surface area (Å²) in [5.41, 5.74) is 3.79. The van der Waals surface area contributed by atoms with Gasteiger partial charge in [-0.3, -0.25) is 4.79 Å². The molecule has 0 saturated heterocycles. The SMILES string of the molecule is CCC[C@@H](C)C(=O)Nc1ccc(-c2nc3ccccc3[nH]2)cc1. The normalized spacial score (nSPS) is 12.3. The number of anilines is 1. The first kappa shape index (κ1) is 15.3. The fourth-order valence-electron chi connectivity index (χ4n) is 2.63. The Labute approximate surface area is 136 Å². The zero-order valence-electron chi connectivity index (χ0n) is 13.5. The molecule has 118 valence electrons. The van der Waals surface area contributed by atoms with Gasteiger partial charge in [0.15, 0.2) is 0 Å². The number of hydrogen-bond donors (Lipinski definition) is 2. The zero-order valence-corrected chi connectivity index (χ0v) is 13.5. The van der Waals surface area contributed by atoms with E-state index in [9.17, 15) is 4.79 Å². The van der Waals surface area contributed by atoms with Crippen molar-refractivity contribution in [3.8, 4) is 11.4 Å². The van der Waals surface area contributed by atoms with E-state index in [-0.39, 0.29) is 11.8 Å². The Bertz CT molecular complexity index is 772. The number of hydrogen-bond acceptors (Lipinski definition) is 2. The van der Waals surface area contributed by atoms with Crippen LogP contribution in [0.25, 0.3) is 22.4 Å². The maximum absolute atomic E-state index is 12.0. The van der Waals surface area contributed by atoms with Crippen molar-refractivity contribution in [3.05, 3.63) is 48.5 Å². The third-order valence-corrected chi connectivity index (χ3v) is 3.98. The minimum atomic E-state index is 0.0371. The summed E-state index contributed by atoms with van der Waals surface area (Å²) in [6, 6.07) is 15.7. The Hall–Kier alpha value is -2.62. The summed E-state index contributed by atoms with van der Waals surface area (Å²) in [7, 11) is 0. The Kier molecular flexibility index (Phi) is 4.42. The smallest absolute Gasteiger partial charge is 0.227 e. The number of para-hydroxylation sites is 2. The van der Waals surface area contributed by atoms with Crippen molar-refractivity contribution < 1.29 is 4.79 Å². The lowest BCUT2D eigenvalue weighted by molar-refractivity contribution is -0.119. The molecule has 0 bridgehead atoms. The number of benzene rings is 2. The number of imidazole rings is 1. The van der Waals surface area contributed by atoms with Gasteiger partial charge in [-0.25, -0.2) is 4.98 Å². The van der Waals surface area contributed by atoms with Crippen molar-refractivity contribution in [2.24, 2.45) is 5.92 Å². The summed E-state index contributed by atoms with van der Waals surface area (Å²) in [6.45, 7) is 4.05. The molecule has 2 N–H and O–H groups in total. The molecule has 1 atom stereocenters. The van der Waals surface area contributed by atoms with E-state index in [1.165, 1.54) is 0 Å². The van der Waals surface area contributed by atoms with Crippen molar-refractivity contribution in [2.45, 2.75) is 26.7 Å². The Morgan fingerprint density at radius 1 is 1.17 bits per heavy atom. The summed E-state index contributed by atoms with van der Waals surface area (Å²) in [5, 5.41) is 2.96. The molecule has 0 aliphatic heterocycles. The number of carbonyl (C=O) groups excluding carboxylic acids is 1. The largest absolute Gasteiger partial charge is 0.338 e. The highest BCUT2D eigenvalue weighted by Gasteiger charge is 2.12. The predicted molar refractivity (Wildman–Crippen MR) is 94.2 cm³/mol. The Morgan fingerprint density at radius 2 is 1.91 bits per heavy atom. The first-order valence-electron chi connectivity index (χ1n) is 8.03. The second-order valence-corrected chi connectivity index (χ2v) is 5.86. The van der Waals surface area contributed by atoms with E-state index >= 15 is 0 Å². The standard InChI is InChI=1S/C19H21N3O/c1-3-6-13(2)19(23)20-15-11-9-14(10-12-15)18-21-16-7-4-5-8-17(16)22-18/h4-5,7-13H,3,6H2,1-2H3,(H,20,23)(H,21,22)/t13-/m1/s1. The van der Waals surface area contributed by atoms with Gasteiger partial charge in [-0.2, -0.15) is 0 Å². The summed E-state index contributed by atoms with van der Waals surface area (Å²) in [6.07, 6.45) is 1.92. The van der Waals surface area contributed by atoms with Gasteiger partial charge >= 0.3 is 0 Å². The van der Waals surface area contributed by atoms with Crippen LogP contribution in [0.2, 0.25) is 0 Å². The van der Waals surface area contributed by atoms with Gasteiger partial charge in [0.25, 0.3) is 0 Å². The van der Waals surface area contributed by atoms with Crippen molar-refractivity contribution in [3.63, 3.8) is 0 Å². The van der Waals surface area contributed by atoms with Crippen molar-refractivity contribution >= 4 is 22.6 Å². The number of aromatic nitrogens is 2. The highest BCUT2D eigenvalue weighted by atomic mass is 16.1. The first-order chi connectivity index (χ1) is 11.2. The van der Waals surface area contributed by atoms with E-state index in [1.54, 1.807) is 0 Å². The Morgan fingerprint density at radius 3 is 2.61 bits per heavy atom. The van der Waals surface area contributed by atoms with Crippen LogP contribution in [0.4, 0.5) is 5.69 Å². The molecule has 1 amide bonds. The molecular weight excluding hydrogens is 286 g/mol. The zero-order chi connectivity index (χ0) is 16.2. The summed E-state index contributed by atoms with van der Waals surface area (Å²) < 4.78 is 0. The van der Waals surface area contributed by atoms with Gasteiger partial charge < -0.3 is 10.3 Å². The summed E-state index contributed by atoms with van der Waals surface area (Å²) >= 11 is 0. The molecule has 0 radical (unpaired) electrons. The number of nitrogens with zero attached hydrogens (tertiary/aromatic N) is 1. The number of amides is 1. The highest BCUT2D eigenvalue weighted by molar-refractivity contribution is 5.92. The average molecular weight is 307 g/mol. The van der Waals surface area contributed by atoms with Crippen LogP contribution in [0.15, 0.2) is 48.5 Å². The lowest BCUT2D eigenvalue weighted by Gasteiger charge is -2.11. The van der Waals surface area contributed by atoms with Crippen LogP contribution in [0.5, 0.6) is 0 Å². The van der Waals surface area contributed by atoms with Crippen molar-refractivity contribution in [1.82, 2.24) is 9.97 Å². The molecule has 3 aromatic rings. The highest BCUT2D eigenvalue weighted by Crippen LogP contribution is 2.22. The van der Waals surface area contributed by atoms with Gasteiger partial charge in [-0.05, 0) is 42.8 Å². The van der Waals surface area contributed by atoms with E-state index in [0.717, 1.165) is 41.0 Å². The van der Waals surface area contributed by atoms with Gasteiger partial charge in [-0.1, -0.05) is 32.4 Å². The van der Waals surface area contributed by atoms with Gasteiger partial charge in [0.2, 0.25) is 5.91 Å². The van der Waals surface area contributed by atoms with Crippen LogP contribution in [-0.2, 0) is 4.79 Å². The number of fused-ring (bicyclic) bond motifs is 1. The number of aromatic amines is 1.